The smallest absolute Gasteiger partial charge is 0.0860 e. The first-order valence-electron chi connectivity index (χ1n) is 6.65. The molecular formula is C14H20ClN3S. The first-order valence-corrected chi connectivity index (χ1v) is 7.91. The highest BCUT2D eigenvalue weighted by Crippen LogP contribution is 2.24. The van der Waals surface area contributed by atoms with Crippen molar-refractivity contribution in [2.24, 2.45) is 0 Å². The molecule has 1 N–H and O–H groups in total. The van der Waals surface area contributed by atoms with Crippen LogP contribution < -0.4 is 5.32 Å². The maximum atomic E-state index is 6.32. The van der Waals surface area contributed by atoms with Crippen LogP contribution in [0.25, 0.3) is 0 Å². The fourth-order valence-electron chi connectivity index (χ4n) is 2.19. The summed E-state index contributed by atoms with van der Waals surface area (Å²) in [7, 11) is 0. The lowest BCUT2D eigenvalue weighted by Gasteiger charge is -2.16. The van der Waals surface area contributed by atoms with E-state index in [1.165, 1.54) is 4.88 Å². The van der Waals surface area contributed by atoms with Crippen molar-refractivity contribution in [3.63, 3.8) is 0 Å². The van der Waals surface area contributed by atoms with E-state index in [0.29, 0.717) is 6.04 Å². The molecule has 0 fully saturated rings. The number of nitrogens with one attached hydrogen (secondary N) is 1. The minimum absolute atomic E-state index is 0.386. The molecule has 0 radical (unpaired) electrons. The van der Waals surface area contributed by atoms with E-state index in [1.807, 2.05) is 11.6 Å². The van der Waals surface area contributed by atoms with Crippen molar-refractivity contribution in [1.29, 1.82) is 0 Å². The molecule has 0 aliphatic heterocycles. The van der Waals surface area contributed by atoms with Gasteiger partial charge in [-0.2, -0.15) is 5.10 Å². The van der Waals surface area contributed by atoms with E-state index in [2.05, 4.69) is 41.8 Å². The number of hydrogen-bond donors (Lipinski definition) is 1. The van der Waals surface area contributed by atoms with Gasteiger partial charge in [0.15, 0.2) is 0 Å². The topological polar surface area (TPSA) is 29.9 Å². The van der Waals surface area contributed by atoms with Crippen LogP contribution in [0.1, 0.15) is 42.6 Å². The van der Waals surface area contributed by atoms with Gasteiger partial charge in [0.2, 0.25) is 0 Å². The molecule has 0 aliphatic rings. The van der Waals surface area contributed by atoms with Crippen molar-refractivity contribution < 1.29 is 0 Å². The Bertz CT molecular complexity index is 519. The Kier molecular flexibility index (Phi) is 5.02. The molecule has 2 rings (SSSR count). The van der Waals surface area contributed by atoms with Crippen molar-refractivity contribution >= 4 is 22.9 Å². The molecule has 19 heavy (non-hydrogen) atoms. The number of thiophene rings is 1. The van der Waals surface area contributed by atoms with Crippen LogP contribution in [0.2, 0.25) is 5.02 Å². The zero-order valence-corrected chi connectivity index (χ0v) is 13.2. The number of nitrogens with zero attached hydrogens (tertiary/aromatic N) is 2. The second-order valence-corrected chi connectivity index (χ2v) is 5.88. The van der Waals surface area contributed by atoms with Gasteiger partial charge in [-0.25, -0.2) is 0 Å². The molecule has 2 aromatic heterocycles. The number of aromatic nitrogens is 2. The summed E-state index contributed by atoms with van der Waals surface area (Å²) in [5.74, 6) is 0. The Morgan fingerprint density at radius 3 is 2.84 bits per heavy atom. The van der Waals surface area contributed by atoms with E-state index in [4.69, 9.17) is 11.6 Å². The number of aryl methyl sites for hydroxylation is 2. The van der Waals surface area contributed by atoms with E-state index >= 15 is 0 Å². The molecule has 0 bridgehead atoms. The molecular weight excluding hydrogens is 278 g/mol. The van der Waals surface area contributed by atoms with Gasteiger partial charge < -0.3 is 5.32 Å². The average molecular weight is 298 g/mol. The maximum absolute atomic E-state index is 6.32. The highest BCUT2D eigenvalue weighted by Gasteiger charge is 2.15. The van der Waals surface area contributed by atoms with Crippen molar-refractivity contribution in [1.82, 2.24) is 15.1 Å². The van der Waals surface area contributed by atoms with Gasteiger partial charge in [-0.05, 0) is 31.7 Å². The normalized spacial score (nSPS) is 12.8. The van der Waals surface area contributed by atoms with Crippen LogP contribution in [-0.2, 0) is 13.1 Å². The van der Waals surface area contributed by atoms with Crippen molar-refractivity contribution in [2.75, 3.05) is 0 Å². The molecule has 0 aromatic carbocycles. The lowest BCUT2D eigenvalue weighted by Crippen LogP contribution is -2.21. The Balaban J connectivity index is 2.09. The predicted molar refractivity (Wildman–Crippen MR) is 81.8 cm³/mol. The third-order valence-corrected chi connectivity index (χ3v) is 4.74. The number of halogens is 1. The average Bonchev–Trinajstić information content (AvgIpc) is 3.02. The minimum Gasteiger partial charge on any atom is -0.304 e. The Labute approximate surface area is 123 Å². The quantitative estimate of drug-likeness (QED) is 0.867. The zero-order chi connectivity index (χ0) is 13.8. The number of rotatable bonds is 6. The molecule has 1 unspecified atom stereocenters. The second kappa shape index (κ2) is 6.55. The minimum atomic E-state index is 0.386. The fraction of sp³-hybridized carbons (Fsp3) is 0.500. The summed E-state index contributed by atoms with van der Waals surface area (Å²) in [6.45, 7) is 7.84. The highest BCUT2D eigenvalue weighted by molar-refractivity contribution is 7.10. The van der Waals surface area contributed by atoms with Crippen LogP contribution in [0.3, 0.4) is 0 Å². The van der Waals surface area contributed by atoms with Crippen molar-refractivity contribution in [3.8, 4) is 0 Å². The lowest BCUT2D eigenvalue weighted by atomic mass is 10.2. The summed E-state index contributed by atoms with van der Waals surface area (Å²) in [5.41, 5.74) is 1.99. The monoisotopic (exact) mass is 297 g/mol. The van der Waals surface area contributed by atoms with Gasteiger partial charge in [0.1, 0.15) is 0 Å². The molecule has 2 aromatic rings. The van der Waals surface area contributed by atoms with Crippen LogP contribution in [0.5, 0.6) is 0 Å². The van der Waals surface area contributed by atoms with Crippen LogP contribution in [0, 0.1) is 6.92 Å². The van der Waals surface area contributed by atoms with Gasteiger partial charge in [-0.3, -0.25) is 4.68 Å². The van der Waals surface area contributed by atoms with E-state index in [-0.39, 0.29) is 0 Å². The molecule has 104 valence electrons. The third-order valence-electron chi connectivity index (χ3n) is 3.26. The Hall–Kier alpha value is -0.840. The van der Waals surface area contributed by atoms with Gasteiger partial charge in [0.25, 0.3) is 0 Å². The molecule has 0 aliphatic carbocycles. The molecule has 1 atom stereocenters. The SMILES string of the molecule is CCC(NCc1c(Cl)c(C)nn1CC)c1cccs1. The maximum Gasteiger partial charge on any atom is 0.0860 e. The van der Waals surface area contributed by atoms with E-state index in [0.717, 1.165) is 35.9 Å². The van der Waals surface area contributed by atoms with Crippen LogP contribution >= 0.6 is 22.9 Å². The predicted octanol–water partition coefficient (Wildman–Crippen LogP) is 4.17. The van der Waals surface area contributed by atoms with Gasteiger partial charge in [0, 0.05) is 24.0 Å². The van der Waals surface area contributed by atoms with E-state index in [1.54, 1.807) is 11.3 Å². The first-order chi connectivity index (χ1) is 9.17. The molecule has 0 spiro atoms. The van der Waals surface area contributed by atoms with Gasteiger partial charge in [-0.15, -0.1) is 11.3 Å². The van der Waals surface area contributed by atoms with Crippen molar-refractivity contribution in [2.45, 2.75) is 46.3 Å². The fourth-order valence-corrected chi connectivity index (χ4v) is 3.28. The van der Waals surface area contributed by atoms with Gasteiger partial charge >= 0.3 is 0 Å². The van der Waals surface area contributed by atoms with Crippen molar-refractivity contribution in [3.05, 3.63) is 38.8 Å². The van der Waals surface area contributed by atoms with Crippen LogP contribution in [-0.4, -0.2) is 9.78 Å². The first kappa shape index (κ1) is 14.6. The molecule has 0 saturated carbocycles. The second-order valence-electron chi connectivity index (χ2n) is 4.52. The zero-order valence-electron chi connectivity index (χ0n) is 11.6. The summed E-state index contributed by atoms with van der Waals surface area (Å²) in [4.78, 5) is 1.37. The molecule has 0 saturated heterocycles. The van der Waals surface area contributed by atoms with Gasteiger partial charge in [0.05, 0.1) is 16.4 Å². The Morgan fingerprint density at radius 2 is 2.26 bits per heavy atom. The summed E-state index contributed by atoms with van der Waals surface area (Å²) in [6.07, 6.45) is 1.07. The Morgan fingerprint density at radius 1 is 1.47 bits per heavy atom. The summed E-state index contributed by atoms with van der Waals surface area (Å²) in [6, 6.07) is 4.66. The highest BCUT2D eigenvalue weighted by atomic mass is 35.5. The number of hydrogen-bond acceptors (Lipinski definition) is 3. The largest absolute Gasteiger partial charge is 0.304 e. The summed E-state index contributed by atoms with van der Waals surface area (Å²) < 4.78 is 1.98. The van der Waals surface area contributed by atoms with Crippen LogP contribution in [0.15, 0.2) is 17.5 Å². The third kappa shape index (κ3) is 3.19. The summed E-state index contributed by atoms with van der Waals surface area (Å²) >= 11 is 8.12. The standard InChI is InChI=1S/C14H20ClN3S/c1-4-11(13-7-6-8-19-13)16-9-12-14(15)10(3)17-18(12)5-2/h6-8,11,16H,4-5,9H2,1-3H3. The molecule has 0 amide bonds. The molecule has 3 nitrogen and oxygen atoms in total. The summed E-state index contributed by atoms with van der Waals surface area (Å²) in [5, 5.41) is 10.9. The van der Waals surface area contributed by atoms with Gasteiger partial charge in [-0.1, -0.05) is 24.6 Å². The molecule has 2 heterocycles. The van der Waals surface area contributed by atoms with E-state index in [9.17, 15) is 0 Å². The molecule has 5 heteroatoms. The lowest BCUT2D eigenvalue weighted by molar-refractivity contribution is 0.500. The van der Waals surface area contributed by atoms with Crippen LogP contribution in [0.4, 0.5) is 0 Å². The van der Waals surface area contributed by atoms with E-state index < -0.39 is 0 Å².